The quantitative estimate of drug-likeness (QED) is 0.248. The average Bonchev–Trinajstić information content (AvgIpc) is 2.82. The molecule has 1 aromatic rings. The van der Waals surface area contributed by atoms with E-state index in [9.17, 15) is 14.8 Å². The molecule has 0 spiro atoms. The lowest BCUT2D eigenvalue weighted by molar-refractivity contribution is -0.368. The van der Waals surface area contributed by atoms with Gasteiger partial charge in [-0.2, -0.15) is 5.10 Å². The van der Waals surface area contributed by atoms with Gasteiger partial charge in [0.2, 0.25) is 5.91 Å². The zero-order valence-electron chi connectivity index (χ0n) is 9.12. The summed E-state index contributed by atoms with van der Waals surface area (Å²) in [5, 5.41) is 17.5. The molecule has 0 aromatic carbocycles. The molecule has 3 N–H and O–H groups in total. The van der Waals surface area contributed by atoms with Crippen LogP contribution in [0.2, 0.25) is 0 Å². The fourth-order valence-corrected chi connectivity index (χ4v) is 1.20. The van der Waals surface area contributed by atoms with Crippen LogP contribution in [-0.2, 0) is 4.79 Å². The molecule has 9 nitrogen and oxygen atoms in total. The summed E-state index contributed by atoms with van der Waals surface area (Å²) in [5.74, 6) is -0.124. The van der Waals surface area contributed by atoms with Gasteiger partial charge in [0.25, 0.3) is 0 Å². The number of amides is 3. The standard InChI is InChI=1S/C9H8N4O4.H2O/c1-12(16)8-3-2-6(17-8)4-10-13-5-7(14)11-9(13)15;/h2-4H,1,5H2,(H,11,14,15);1H2/b10-4+;. The Bertz CT molecular complexity index is 521. The summed E-state index contributed by atoms with van der Waals surface area (Å²) in [6.45, 7) is 2.97. The molecule has 1 aromatic heterocycles. The van der Waals surface area contributed by atoms with Crippen molar-refractivity contribution in [3.05, 3.63) is 23.1 Å². The largest absolute Gasteiger partial charge is 0.616 e. The minimum absolute atomic E-state index is 0. The van der Waals surface area contributed by atoms with Crippen LogP contribution < -0.4 is 5.32 Å². The van der Waals surface area contributed by atoms with Crippen molar-refractivity contribution < 1.29 is 24.2 Å². The van der Waals surface area contributed by atoms with Gasteiger partial charge in [0.1, 0.15) is 13.3 Å². The third kappa shape index (κ3) is 2.71. The van der Waals surface area contributed by atoms with E-state index in [0.717, 1.165) is 5.01 Å². The van der Waals surface area contributed by atoms with Crippen LogP contribution in [0.25, 0.3) is 0 Å². The minimum Gasteiger partial charge on any atom is -0.616 e. The highest BCUT2D eigenvalue weighted by Gasteiger charge is 2.26. The molecule has 0 unspecified atom stereocenters. The number of hydrogen-bond donors (Lipinski definition) is 1. The normalized spacial score (nSPS) is 14.8. The zero-order valence-corrected chi connectivity index (χ0v) is 9.12. The first kappa shape index (κ1) is 13.4. The lowest BCUT2D eigenvalue weighted by Crippen LogP contribution is -2.24. The molecule has 1 saturated heterocycles. The summed E-state index contributed by atoms with van der Waals surface area (Å²) in [6, 6.07) is 2.31. The summed E-state index contributed by atoms with van der Waals surface area (Å²) in [7, 11) is 0. The third-order valence-corrected chi connectivity index (χ3v) is 1.96. The number of urea groups is 1. The van der Waals surface area contributed by atoms with Gasteiger partial charge in [-0.25, -0.2) is 9.80 Å². The molecule has 1 aliphatic rings. The van der Waals surface area contributed by atoms with Gasteiger partial charge in [-0.05, 0) is 6.07 Å². The maximum atomic E-state index is 11.1. The SMILES string of the molecule is C=[N+]([O-])c1ccc(/C=N/N2CC(=O)NC2=O)o1.O. The van der Waals surface area contributed by atoms with Gasteiger partial charge in [0.05, 0.1) is 12.3 Å². The van der Waals surface area contributed by atoms with Gasteiger partial charge in [0.15, 0.2) is 5.76 Å². The zero-order chi connectivity index (χ0) is 12.4. The van der Waals surface area contributed by atoms with Crippen LogP contribution in [0.5, 0.6) is 0 Å². The number of rotatable bonds is 3. The second-order valence-corrected chi connectivity index (χ2v) is 3.21. The first-order valence-electron chi connectivity index (χ1n) is 4.59. The maximum absolute atomic E-state index is 11.1. The van der Waals surface area contributed by atoms with Gasteiger partial charge in [-0.15, -0.1) is 4.74 Å². The van der Waals surface area contributed by atoms with E-state index in [-0.39, 0.29) is 23.7 Å². The molecule has 3 amide bonds. The van der Waals surface area contributed by atoms with Gasteiger partial charge in [-0.3, -0.25) is 10.1 Å². The Morgan fingerprint density at radius 1 is 1.56 bits per heavy atom. The molecule has 0 radical (unpaired) electrons. The number of hydrogen-bond acceptors (Lipinski definition) is 5. The van der Waals surface area contributed by atoms with Crippen LogP contribution in [0.1, 0.15) is 5.76 Å². The van der Waals surface area contributed by atoms with Crippen molar-refractivity contribution in [3.63, 3.8) is 0 Å². The predicted octanol–water partition coefficient (Wildman–Crippen LogP) is -0.817. The first-order valence-corrected chi connectivity index (χ1v) is 4.59. The van der Waals surface area contributed by atoms with Gasteiger partial charge in [-0.1, -0.05) is 0 Å². The molecular formula is C9H10N4O5. The third-order valence-electron chi connectivity index (χ3n) is 1.96. The number of imide groups is 1. The molecule has 0 atom stereocenters. The number of hydrazone groups is 1. The summed E-state index contributed by atoms with van der Waals surface area (Å²) < 4.78 is 5.33. The lowest BCUT2D eigenvalue weighted by Gasteiger charge is -2.02. The van der Waals surface area contributed by atoms with E-state index in [0.29, 0.717) is 4.74 Å². The molecule has 0 aliphatic carbocycles. The van der Waals surface area contributed by atoms with Crippen molar-refractivity contribution in [1.82, 2.24) is 10.3 Å². The second-order valence-electron chi connectivity index (χ2n) is 3.21. The molecule has 0 saturated carbocycles. The highest BCUT2D eigenvalue weighted by Crippen LogP contribution is 2.13. The first-order chi connectivity index (χ1) is 8.06. The summed E-state index contributed by atoms with van der Waals surface area (Å²) >= 11 is 0. The van der Waals surface area contributed by atoms with Crippen molar-refractivity contribution in [2.24, 2.45) is 5.10 Å². The number of carbonyl (C=O) groups is 2. The van der Waals surface area contributed by atoms with Crippen molar-refractivity contribution in [1.29, 1.82) is 0 Å². The average molecular weight is 254 g/mol. The monoisotopic (exact) mass is 254 g/mol. The van der Waals surface area contributed by atoms with Crippen molar-refractivity contribution >= 4 is 30.8 Å². The van der Waals surface area contributed by atoms with E-state index in [1.807, 2.05) is 0 Å². The van der Waals surface area contributed by atoms with E-state index < -0.39 is 11.9 Å². The number of nitrogens with one attached hydrogen (secondary N) is 1. The molecular weight excluding hydrogens is 244 g/mol. The summed E-state index contributed by atoms with van der Waals surface area (Å²) in [4.78, 5) is 21.9. The smallest absolute Gasteiger partial charge is 0.384 e. The second kappa shape index (κ2) is 5.10. The van der Waals surface area contributed by atoms with Crippen LogP contribution in [-0.4, -0.2) is 46.6 Å². The van der Waals surface area contributed by atoms with Crippen molar-refractivity contribution in [3.8, 4) is 0 Å². The number of furan rings is 1. The van der Waals surface area contributed by atoms with E-state index in [4.69, 9.17) is 4.42 Å². The lowest BCUT2D eigenvalue weighted by atomic mass is 10.5. The van der Waals surface area contributed by atoms with Crippen LogP contribution in [0.3, 0.4) is 0 Å². The molecule has 1 fully saturated rings. The van der Waals surface area contributed by atoms with Gasteiger partial charge in [0, 0.05) is 0 Å². The van der Waals surface area contributed by atoms with Gasteiger partial charge < -0.3 is 15.1 Å². The highest BCUT2D eigenvalue weighted by molar-refractivity contribution is 6.02. The Balaban J connectivity index is 0.00000162. The Hall–Kier alpha value is -2.68. The summed E-state index contributed by atoms with van der Waals surface area (Å²) in [5.41, 5.74) is 0. The maximum Gasteiger partial charge on any atom is 0.384 e. The molecule has 18 heavy (non-hydrogen) atoms. The number of nitrogens with zero attached hydrogens (tertiary/aromatic N) is 3. The Kier molecular flexibility index (Phi) is 3.79. The van der Waals surface area contributed by atoms with Crippen LogP contribution in [0, 0.1) is 5.21 Å². The molecule has 0 bridgehead atoms. The van der Waals surface area contributed by atoms with Crippen LogP contribution >= 0.6 is 0 Å². The van der Waals surface area contributed by atoms with Crippen molar-refractivity contribution in [2.75, 3.05) is 6.54 Å². The molecule has 2 heterocycles. The molecule has 2 rings (SSSR count). The van der Waals surface area contributed by atoms with E-state index in [1.165, 1.54) is 18.3 Å². The van der Waals surface area contributed by atoms with Crippen LogP contribution in [0.15, 0.2) is 21.7 Å². The molecule has 1 aliphatic heterocycles. The van der Waals surface area contributed by atoms with E-state index in [2.05, 4.69) is 17.1 Å². The Morgan fingerprint density at radius 3 is 2.78 bits per heavy atom. The Morgan fingerprint density at radius 2 is 2.28 bits per heavy atom. The Labute approximate surface area is 101 Å². The summed E-state index contributed by atoms with van der Waals surface area (Å²) in [6.07, 6.45) is 1.23. The molecule has 96 valence electrons. The van der Waals surface area contributed by atoms with Crippen molar-refractivity contribution in [2.45, 2.75) is 0 Å². The fraction of sp³-hybridized carbons (Fsp3) is 0.111. The highest BCUT2D eigenvalue weighted by atomic mass is 16.5. The fourth-order valence-electron chi connectivity index (χ4n) is 1.20. The van der Waals surface area contributed by atoms with Crippen LogP contribution in [0.4, 0.5) is 10.7 Å². The predicted molar refractivity (Wildman–Crippen MR) is 60.6 cm³/mol. The molecule has 9 heteroatoms. The van der Waals surface area contributed by atoms with E-state index >= 15 is 0 Å². The van der Waals surface area contributed by atoms with Gasteiger partial charge >= 0.3 is 11.9 Å². The minimum atomic E-state index is -0.597. The number of carbonyl (C=O) groups excluding carboxylic acids is 2. The topological polar surface area (TPSA) is 132 Å². The van der Waals surface area contributed by atoms with E-state index in [1.54, 1.807) is 0 Å².